The Bertz CT molecular complexity index is 501. The maximum atomic E-state index is 12.6. The van der Waals surface area contributed by atoms with Gasteiger partial charge in [0.15, 0.2) is 0 Å². The van der Waals surface area contributed by atoms with Crippen molar-refractivity contribution in [2.45, 2.75) is 19.0 Å². The lowest BCUT2D eigenvalue weighted by Gasteiger charge is -2.11. The van der Waals surface area contributed by atoms with Gasteiger partial charge in [0.1, 0.15) is 0 Å². The van der Waals surface area contributed by atoms with Crippen LogP contribution in [-0.4, -0.2) is 19.0 Å². The van der Waals surface area contributed by atoms with Crippen molar-refractivity contribution in [2.75, 3.05) is 18.4 Å². The van der Waals surface area contributed by atoms with Gasteiger partial charge < -0.3 is 10.6 Å². The highest BCUT2D eigenvalue weighted by atomic mass is 35.5. The van der Waals surface area contributed by atoms with Gasteiger partial charge in [0.25, 0.3) is 0 Å². The van der Waals surface area contributed by atoms with E-state index in [1.54, 1.807) is 0 Å². The minimum absolute atomic E-state index is 0.0271. The number of hydrogen-bond donors (Lipinski definition) is 2. The molecule has 1 aliphatic rings. The summed E-state index contributed by atoms with van der Waals surface area (Å²) in [6.45, 7) is 0.550. The van der Waals surface area contributed by atoms with E-state index in [1.165, 1.54) is 6.07 Å². The zero-order valence-electron chi connectivity index (χ0n) is 10.6. The molecule has 110 valence electrons. The van der Waals surface area contributed by atoms with Crippen molar-refractivity contribution in [3.63, 3.8) is 0 Å². The highest BCUT2D eigenvalue weighted by molar-refractivity contribution is 6.30. The first-order chi connectivity index (χ1) is 9.34. The fraction of sp³-hybridized carbons (Fsp3) is 0.462. The maximum absolute atomic E-state index is 12.6. The molecule has 1 fully saturated rings. The number of rotatable bonds is 5. The van der Waals surface area contributed by atoms with E-state index < -0.39 is 11.7 Å². The minimum Gasteiger partial charge on any atom is -0.376 e. The zero-order valence-corrected chi connectivity index (χ0v) is 11.3. The van der Waals surface area contributed by atoms with Crippen LogP contribution in [0.4, 0.5) is 18.9 Å². The number of hydrogen-bond acceptors (Lipinski definition) is 2. The lowest BCUT2D eigenvalue weighted by Crippen LogP contribution is -2.31. The third-order valence-corrected chi connectivity index (χ3v) is 3.18. The molecule has 1 aromatic carbocycles. The molecule has 1 aliphatic carbocycles. The van der Waals surface area contributed by atoms with Gasteiger partial charge in [-0.1, -0.05) is 11.6 Å². The van der Waals surface area contributed by atoms with Gasteiger partial charge >= 0.3 is 6.18 Å². The van der Waals surface area contributed by atoms with Gasteiger partial charge in [-0.2, -0.15) is 13.2 Å². The molecule has 1 amide bonds. The summed E-state index contributed by atoms with van der Waals surface area (Å²) in [5.41, 5.74) is -0.669. The van der Waals surface area contributed by atoms with Crippen LogP contribution in [0.1, 0.15) is 18.4 Å². The van der Waals surface area contributed by atoms with Crippen LogP contribution in [0.15, 0.2) is 18.2 Å². The number of anilines is 1. The van der Waals surface area contributed by atoms with Gasteiger partial charge in [-0.15, -0.1) is 0 Å². The summed E-state index contributed by atoms with van der Waals surface area (Å²) < 4.78 is 37.8. The van der Waals surface area contributed by atoms with E-state index in [9.17, 15) is 18.0 Å². The van der Waals surface area contributed by atoms with Crippen LogP contribution < -0.4 is 10.6 Å². The number of alkyl halides is 3. The molecule has 0 unspecified atom stereocenters. The van der Waals surface area contributed by atoms with Gasteiger partial charge in [-0.05, 0) is 37.0 Å². The average molecular weight is 307 g/mol. The van der Waals surface area contributed by atoms with Crippen LogP contribution in [0.3, 0.4) is 0 Å². The summed E-state index contributed by atoms with van der Waals surface area (Å²) in [4.78, 5) is 11.5. The first-order valence-electron chi connectivity index (χ1n) is 6.23. The Morgan fingerprint density at radius 2 is 2.00 bits per heavy atom. The zero-order chi connectivity index (χ0) is 14.8. The lowest BCUT2D eigenvalue weighted by atomic mass is 10.2. The molecule has 0 aromatic heterocycles. The fourth-order valence-electron chi connectivity index (χ4n) is 1.68. The second kappa shape index (κ2) is 5.91. The molecule has 7 heteroatoms. The fourth-order valence-corrected chi connectivity index (χ4v) is 1.92. The number of nitrogens with one attached hydrogen (secondary N) is 2. The Morgan fingerprint density at radius 1 is 1.30 bits per heavy atom. The summed E-state index contributed by atoms with van der Waals surface area (Å²) in [5, 5.41) is 5.34. The van der Waals surface area contributed by atoms with Gasteiger partial charge in [0.05, 0.1) is 12.1 Å². The molecule has 0 radical (unpaired) electrons. The van der Waals surface area contributed by atoms with Gasteiger partial charge in [0, 0.05) is 17.3 Å². The Balaban J connectivity index is 1.91. The van der Waals surface area contributed by atoms with E-state index in [-0.39, 0.29) is 23.2 Å². The average Bonchev–Trinajstić information content (AvgIpc) is 3.16. The number of carbonyl (C=O) groups excluding carboxylic acids is 1. The minimum atomic E-state index is -4.46. The molecule has 2 rings (SSSR count). The van der Waals surface area contributed by atoms with Gasteiger partial charge in [0.2, 0.25) is 5.91 Å². The van der Waals surface area contributed by atoms with Crippen molar-refractivity contribution < 1.29 is 18.0 Å². The normalized spacial score (nSPS) is 15.0. The number of benzene rings is 1. The molecule has 20 heavy (non-hydrogen) atoms. The highest BCUT2D eigenvalue weighted by Crippen LogP contribution is 2.33. The van der Waals surface area contributed by atoms with Crippen molar-refractivity contribution in [1.29, 1.82) is 0 Å². The predicted molar refractivity (Wildman–Crippen MR) is 70.7 cm³/mol. The second-order valence-corrected chi connectivity index (χ2v) is 5.26. The van der Waals surface area contributed by atoms with E-state index in [1.807, 2.05) is 0 Å². The molecule has 0 aliphatic heterocycles. The quantitative estimate of drug-likeness (QED) is 0.876. The molecule has 0 atom stereocenters. The highest BCUT2D eigenvalue weighted by Gasteiger charge is 2.31. The molecular formula is C13H14ClF3N2O. The third kappa shape index (κ3) is 4.59. The van der Waals surface area contributed by atoms with Crippen LogP contribution in [0.2, 0.25) is 5.02 Å². The van der Waals surface area contributed by atoms with Crippen LogP contribution in [0, 0.1) is 5.92 Å². The molecule has 0 spiro atoms. The number of amides is 1. The van der Waals surface area contributed by atoms with Crippen LogP contribution in [0.25, 0.3) is 0 Å². The third-order valence-electron chi connectivity index (χ3n) is 2.96. The van der Waals surface area contributed by atoms with E-state index >= 15 is 0 Å². The van der Waals surface area contributed by atoms with Crippen molar-refractivity contribution in [3.8, 4) is 0 Å². The van der Waals surface area contributed by atoms with Crippen molar-refractivity contribution in [2.24, 2.45) is 5.92 Å². The van der Waals surface area contributed by atoms with Gasteiger partial charge in [-0.3, -0.25) is 4.79 Å². The van der Waals surface area contributed by atoms with Gasteiger partial charge in [-0.25, -0.2) is 0 Å². The molecule has 1 aromatic rings. The van der Waals surface area contributed by atoms with E-state index in [0.29, 0.717) is 12.5 Å². The summed E-state index contributed by atoms with van der Waals surface area (Å²) in [5.74, 6) is 0.312. The van der Waals surface area contributed by atoms with Crippen LogP contribution >= 0.6 is 11.6 Å². The van der Waals surface area contributed by atoms with Crippen LogP contribution in [0.5, 0.6) is 0 Å². The largest absolute Gasteiger partial charge is 0.416 e. The van der Waals surface area contributed by atoms with Crippen molar-refractivity contribution in [1.82, 2.24) is 5.32 Å². The van der Waals surface area contributed by atoms with Crippen molar-refractivity contribution in [3.05, 3.63) is 28.8 Å². The molecule has 3 nitrogen and oxygen atoms in total. The lowest BCUT2D eigenvalue weighted by molar-refractivity contribution is -0.137. The predicted octanol–water partition coefficient (Wildman–Crippen LogP) is 3.30. The molecule has 1 saturated carbocycles. The summed E-state index contributed by atoms with van der Waals surface area (Å²) in [6, 6.07) is 3.13. The van der Waals surface area contributed by atoms with Crippen LogP contribution in [-0.2, 0) is 11.0 Å². The SMILES string of the molecule is O=C(CNc1cc(Cl)cc(C(F)(F)F)c1)NCC1CC1. The first-order valence-corrected chi connectivity index (χ1v) is 6.61. The summed E-state index contributed by atoms with van der Waals surface area (Å²) in [7, 11) is 0. The van der Waals surface area contributed by atoms with E-state index in [0.717, 1.165) is 25.0 Å². The molecule has 0 bridgehead atoms. The maximum Gasteiger partial charge on any atom is 0.416 e. The standard InChI is InChI=1S/C13H14ClF3N2O/c14-10-3-9(13(15,16)17)4-11(5-10)18-7-12(20)19-6-8-1-2-8/h3-5,8,18H,1-2,6-7H2,(H,19,20). The Kier molecular flexibility index (Phi) is 4.42. The number of carbonyl (C=O) groups is 1. The Labute approximate surface area is 119 Å². The Morgan fingerprint density at radius 3 is 2.60 bits per heavy atom. The van der Waals surface area contributed by atoms with Crippen molar-refractivity contribution >= 4 is 23.2 Å². The summed E-state index contributed by atoms with van der Waals surface area (Å²) >= 11 is 5.64. The molecule has 0 saturated heterocycles. The van der Waals surface area contributed by atoms with E-state index in [2.05, 4.69) is 10.6 Å². The second-order valence-electron chi connectivity index (χ2n) is 4.83. The first kappa shape index (κ1) is 15.0. The topological polar surface area (TPSA) is 41.1 Å². The summed E-state index contributed by atoms with van der Waals surface area (Å²) in [6.07, 6.45) is -2.22. The monoisotopic (exact) mass is 306 g/mol. The molecular weight excluding hydrogens is 293 g/mol. The smallest absolute Gasteiger partial charge is 0.376 e. The molecule has 0 heterocycles. The van der Waals surface area contributed by atoms with E-state index in [4.69, 9.17) is 11.6 Å². The Hall–Kier alpha value is -1.43. The molecule has 2 N–H and O–H groups in total. The number of halogens is 4.